The highest BCUT2D eigenvalue weighted by Gasteiger charge is 2.15. The smallest absolute Gasteiger partial charge is 0.241 e. The van der Waals surface area contributed by atoms with Crippen LogP contribution < -0.4 is 5.32 Å². The van der Waals surface area contributed by atoms with E-state index in [-0.39, 0.29) is 5.82 Å². The van der Waals surface area contributed by atoms with E-state index >= 15 is 0 Å². The molecule has 2 heterocycles. The van der Waals surface area contributed by atoms with E-state index in [4.69, 9.17) is 4.52 Å². The second-order valence-electron chi connectivity index (χ2n) is 5.05. The van der Waals surface area contributed by atoms with Crippen molar-refractivity contribution in [3.8, 4) is 11.4 Å². The molecule has 21 heavy (non-hydrogen) atoms. The van der Waals surface area contributed by atoms with Gasteiger partial charge in [-0.25, -0.2) is 4.39 Å². The number of hydrogen-bond acceptors (Lipinski definition) is 5. The summed E-state index contributed by atoms with van der Waals surface area (Å²) < 4.78 is 19.3. The summed E-state index contributed by atoms with van der Waals surface area (Å²) in [7, 11) is 0. The average Bonchev–Trinajstić information content (AvgIpc) is 2.74. The van der Waals surface area contributed by atoms with Gasteiger partial charge in [0.15, 0.2) is 0 Å². The van der Waals surface area contributed by atoms with E-state index in [2.05, 4.69) is 36.3 Å². The molecule has 5 nitrogen and oxygen atoms in total. The summed E-state index contributed by atoms with van der Waals surface area (Å²) >= 11 is 3.26. The van der Waals surface area contributed by atoms with Crippen molar-refractivity contribution in [1.82, 2.24) is 20.4 Å². The van der Waals surface area contributed by atoms with Crippen LogP contribution in [0.15, 0.2) is 27.2 Å². The molecular weight excluding hydrogens is 339 g/mol. The maximum absolute atomic E-state index is 13.4. The van der Waals surface area contributed by atoms with Crippen molar-refractivity contribution in [1.29, 1.82) is 0 Å². The third kappa shape index (κ3) is 3.87. The normalized spacial score (nSPS) is 16.9. The molecule has 1 N–H and O–H groups in total. The molecule has 1 fully saturated rings. The molecule has 7 heteroatoms. The van der Waals surface area contributed by atoms with Crippen LogP contribution >= 0.6 is 15.9 Å². The lowest BCUT2D eigenvalue weighted by Gasteiger charge is -2.16. The van der Waals surface area contributed by atoms with E-state index in [1.54, 1.807) is 6.07 Å². The predicted octanol–water partition coefficient (Wildman–Crippen LogP) is 2.43. The maximum Gasteiger partial charge on any atom is 0.241 e. The second-order valence-corrected chi connectivity index (χ2v) is 5.97. The quantitative estimate of drug-likeness (QED) is 0.917. The van der Waals surface area contributed by atoms with E-state index in [9.17, 15) is 4.39 Å². The van der Waals surface area contributed by atoms with Crippen molar-refractivity contribution in [3.05, 3.63) is 34.4 Å². The van der Waals surface area contributed by atoms with Gasteiger partial charge in [-0.1, -0.05) is 21.1 Å². The third-order valence-electron chi connectivity index (χ3n) is 3.38. The standard InChI is InChI=1S/C14H16BrFN4O/c15-11-6-10(7-12(16)8-11)14-18-13(21-19-14)9-20-4-1-2-17-3-5-20/h6-8,17H,1-5,9H2. The zero-order chi connectivity index (χ0) is 14.7. The zero-order valence-electron chi connectivity index (χ0n) is 11.5. The lowest BCUT2D eigenvalue weighted by molar-refractivity contribution is 0.239. The number of halogens is 2. The summed E-state index contributed by atoms with van der Waals surface area (Å²) in [5.41, 5.74) is 0.606. The molecule has 2 aromatic rings. The van der Waals surface area contributed by atoms with Crippen molar-refractivity contribution >= 4 is 15.9 Å². The van der Waals surface area contributed by atoms with Gasteiger partial charge in [0.2, 0.25) is 11.7 Å². The number of aromatic nitrogens is 2. The van der Waals surface area contributed by atoms with Crippen LogP contribution in [-0.4, -0.2) is 41.2 Å². The van der Waals surface area contributed by atoms with Gasteiger partial charge < -0.3 is 9.84 Å². The SMILES string of the molecule is Fc1cc(Br)cc(-c2noc(CN3CCCNCC3)n2)c1. The molecule has 1 saturated heterocycles. The van der Waals surface area contributed by atoms with Gasteiger partial charge in [0.05, 0.1) is 6.54 Å². The Balaban J connectivity index is 1.73. The van der Waals surface area contributed by atoms with Crippen LogP contribution in [0.1, 0.15) is 12.3 Å². The molecule has 0 amide bonds. The van der Waals surface area contributed by atoms with E-state index in [0.29, 0.717) is 28.3 Å². The van der Waals surface area contributed by atoms with Crippen LogP contribution in [0.2, 0.25) is 0 Å². The van der Waals surface area contributed by atoms with Gasteiger partial charge >= 0.3 is 0 Å². The van der Waals surface area contributed by atoms with E-state index in [1.165, 1.54) is 12.1 Å². The topological polar surface area (TPSA) is 54.2 Å². The monoisotopic (exact) mass is 354 g/mol. The summed E-state index contributed by atoms with van der Waals surface area (Å²) in [6, 6.07) is 4.57. The van der Waals surface area contributed by atoms with E-state index in [1.807, 2.05) is 0 Å². The second kappa shape index (κ2) is 6.64. The average molecular weight is 355 g/mol. The first kappa shape index (κ1) is 14.6. The molecule has 0 aliphatic carbocycles. The van der Waals surface area contributed by atoms with Crippen molar-refractivity contribution < 1.29 is 8.91 Å². The minimum Gasteiger partial charge on any atom is -0.338 e. The Morgan fingerprint density at radius 1 is 1.29 bits per heavy atom. The highest BCUT2D eigenvalue weighted by molar-refractivity contribution is 9.10. The Hall–Kier alpha value is -1.31. The number of nitrogens with one attached hydrogen (secondary N) is 1. The van der Waals surface area contributed by atoms with Crippen LogP contribution in [0.3, 0.4) is 0 Å². The van der Waals surface area contributed by atoms with E-state index in [0.717, 1.165) is 32.6 Å². The molecule has 0 bridgehead atoms. The molecule has 0 unspecified atom stereocenters. The van der Waals surface area contributed by atoms with Gasteiger partial charge in [-0.15, -0.1) is 0 Å². The fraction of sp³-hybridized carbons (Fsp3) is 0.429. The fourth-order valence-electron chi connectivity index (χ4n) is 2.37. The van der Waals surface area contributed by atoms with Crippen LogP contribution in [0.5, 0.6) is 0 Å². The van der Waals surface area contributed by atoms with E-state index < -0.39 is 0 Å². The highest BCUT2D eigenvalue weighted by atomic mass is 79.9. The Labute approximate surface area is 130 Å². The van der Waals surface area contributed by atoms with Crippen molar-refractivity contribution in [3.63, 3.8) is 0 Å². The molecule has 1 aromatic carbocycles. The maximum atomic E-state index is 13.4. The first-order valence-corrected chi connectivity index (χ1v) is 7.72. The van der Waals surface area contributed by atoms with Gasteiger partial charge in [0.25, 0.3) is 0 Å². The molecule has 0 saturated carbocycles. The van der Waals surface area contributed by atoms with Gasteiger partial charge in [-0.05, 0) is 37.7 Å². The van der Waals surface area contributed by atoms with Crippen LogP contribution in [0.25, 0.3) is 11.4 Å². The summed E-state index contributed by atoms with van der Waals surface area (Å²) in [6.45, 7) is 4.62. The fourth-order valence-corrected chi connectivity index (χ4v) is 2.84. The molecule has 0 atom stereocenters. The molecule has 1 aromatic heterocycles. The molecule has 1 aliphatic heterocycles. The number of benzene rings is 1. The first-order chi connectivity index (χ1) is 10.2. The summed E-state index contributed by atoms with van der Waals surface area (Å²) in [5.74, 6) is 0.648. The van der Waals surface area contributed by atoms with Crippen molar-refractivity contribution in [2.24, 2.45) is 0 Å². The Morgan fingerprint density at radius 3 is 3.05 bits per heavy atom. The van der Waals surface area contributed by atoms with Crippen molar-refractivity contribution in [2.45, 2.75) is 13.0 Å². The molecular formula is C14H16BrFN4O. The van der Waals surface area contributed by atoms with Gasteiger partial charge in [-0.2, -0.15) is 4.98 Å². The lowest BCUT2D eigenvalue weighted by atomic mass is 10.2. The third-order valence-corrected chi connectivity index (χ3v) is 3.84. The predicted molar refractivity (Wildman–Crippen MR) is 80.2 cm³/mol. The van der Waals surface area contributed by atoms with Gasteiger partial charge in [0, 0.05) is 23.1 Å². The number of rotatable bonds is 3. The summed E-state index contributed by atoms with van der Waals surface area (Å²) in [4.78, 5) is 6.64. The highest BCUT2D eigenvalue weighted by Crippen LogP contribution is 2.22. The van der Waals surface area contributed by atoms with Crippen molar-refractivity contribution in [2.75, 3.05) is 26.2 Å². The Bertz CT molecular complexity index is 591. The Kier molecular flexibility index (Phi) is 4.62. The number of nitrogens with zero attached hydrogens (tertiary/aromatic N) is 3. The minimum atomic E-state index is -0.329. The van der Waals surface area contributed by atoms with Gasteiger partial charge in [0.1, 0.15) is 5.82 Å². The first-order valence-electron chi connectivity index (χ1n) is 6.93. The van der Waals surface area contributed by atoms with Gasteiger partial charge in [-0.3, -0.25) is 4.90 Å². The zero-order valence-corrected chi connectivity index (χ0v) is 13.1. The largest absolute Gasteiger partial charge is 0.338 e. The number of hydrogen-bond donors (Lipinski definition) is 1. The lowest BCUT2D eigenvalue weighted by Crippen LogP contribution is -2.27. The van der Waals surface area contributed by atoms with Crippen LogP contribution in [-0.2, 0) is 6.54 Å². The molecule has 112 valence electrons. The Morgan fingerprint density at radius 2 is 2.19 bits per heavy atom. The summed E-state index contributed by atoms with van der Waals surface area (Å²) in [5, 5.41) is 7.29. The molecule has 0 radical (unpaired) electrons. The molecule has 1 aliphatic rings. The van der Waals surface area contributed by atoms with Crippen LogP contribution in [0, 0.1) is 5.82 Å². The minimum absolute atomic E-state index is 0.329. The summed E-state index contributed by atoms with van der Waals surface area (Å²) in [6.07, 6.45) is 1.11. The molecule has 0 spiro atoms. The van der Waals surface area contributed by atoms with Crippen LogP contribution in [0.4, 0.5) is 4.39 Å². The molecule has 3 rings (SSSR count).